The van der Waals surface area contributed by atoms with E-state index in [-0.39, 0.29) is 18.7 Å². The summed E-state index contributed by atoms with van der Waals surface area (Å²) in [6.45, 7) is 3.68. The molecular formula is C18H21N3O3S. The normalized spacial score (nSPS) is 22.2. The molecule has 1 aromatic carbocycles. The molecule has 4 rings (SSSR count). The highest BCUT2D eigenvalue weighted by molar-refractivity contribution is 7.16. The van der Waals surface area contributed by atoms with Gasteiger partial charge in [-0.05, 0) is 37.0 Å². The maximum atomic E-state index is 12.9. The van der Waals surface area contributed by atoms with Crippen LogP contribution < -0.4 is 15.2 Å². The molecule has 0 spiro atoms. The lowest BCUT2D eigenvalue weighted by Crippen LogP contribution is -2.51. The van der Waals surface area contributed by atoms with Crippen LogP contribution in [0, 0.1) is 5.92 Å². The van der Waals surface area contributed by atoms with E-state index in [2.05, 4.69) is 11.9 Å². The second kappa shape index (κ2) is 6.65. The van der Waals surface area contributed by atoms with E-state index in [0.29, 0.717) is 23.1 Å². The number of hydrogen-bond acceptors (Lipinski definition) is 6. The molecule has 0 saturated carbocycles. The first-order chi connectivity index (χ1) is 12.2. The largest absolute Gasteiger partial charge is 0.454 e. The fraction of sp³-hybridized carbons (Fsp3) is 0.444. The minimum Gasteiger partial charge on any atom is -0.454 e. The number of ether oxygens (including phenoxy) is 2. The number of likely N-dealkylation sites (tertiary alicyclic amines) is 1. The van der Waals surface area contributed by atoms with Gasteiger partial charge in [0.25, 0.3) is 5.91 Å². The molecule has 2 atom stereocenters. The number of carbonyl (C=O) groups excluding carboxylic acids is 1. The number of thiazole rings is 1. The van der Waals surface area contributed by atoms with Crippen LogP contribution in [0.15, 0.2) is 24.4 Å². The fourth-order valence-electron chi connectivity index (χ4n) is 3.54. The van der Waals surface area contributed by atoms with Crippen LogP contribution >= 0.6 is 11.3 Å². The first-order valence-corrected chi connectivity index (χ1v) is 9.36. The van der Waals surface area contributed by atoms with Crippen molar-refractivity contribution in [3.8, 4) is 22.1 Å². The lowest BCUT2D eigenvalue weighted by atomic mass is 9.90. The molecule has 0 radical (unpaired) electrons. The SMILES string of the molecule is C[C@H]1CCCN(C(=O)c2cnc(-c3ccc4c(c3)OCO4)s2)[C@H]1CN. The predicted molar refractivity (Wildman–Crippen MR) is 95.9 cm³/mol. The highest BCUT2D eigenvalue weighted by atomic mass is 32.1. The number of carbonyl (C=O) groups is 1. The Hall–Kier alpha value is -2.12. The number of nitrogens with zero attached hydrogens (tertiary/aromatic N) is 2. The second-order valence-corrected chi connectivity index (χ2v) is 7.55. The van der Waals surface area contributed by atoms with Gasteiger partial charge in [-0.25, -0.2) is 4.98 Å². The zero-order chi connectivity index (χ0) is 17.4. The summed E-state index contributed by atoms with van der Waals surface area (Å²) >= 11 is 1.41. The molecule has 3 heterocycles. The Bertz CT molecular complexity index is 792. The van der Waals surface area contributed by atoms with E-state index in [1.54, 1.807) is 6.20 Å². The van der Waals surface area contributed by atoms with Crippen molar-refractivity contribution in [3.05, 3.63) is 29.3 Å². The van der Waals surface area contributed by atoms with Crippen LogP contribution in [0.2, 0.25) is 0 Å². The van der Waals surface area contributed by atoms with Gasteiger partial charge in [-0.2, -0.15) is 0 Å². The summed E-state index contributed by atoms with van der Waals surface area (Å²) in [6.07, 6.45) is 3.81. The van der Waals surface area contributed by atoms with Gasteiger partial charge < -0.3 is 20.1 Å². The summed E-state index contributed by atoms with van der Waals surface area (Å²) in [5.74, 6) is 1.92. The van der Waals surface area contributed by atoms with Crippen LogP contribution in [0.3, 0.4) is 0 Å². The van der Waals surface area contributed by atoms with Crippen molar-refractivity contribution >= 4 is 17.2 Å². The minimum atomic E-state index is 0.0338. The molecule has 1 fully saturated rings. The van der Waals surface area contributed by atoms with Crippen molar-refractivity contribution in [2.45, 2.75) is 25.8 Å². The molecule has 25 heavy (non-hydrogen) atoms. The molecule has 0 bridgehead atoms. The van der Waals surface area contributed by atoms with E-state index >= 15 is 0 Å². The first kappa shape index (κ1) is 16.4. The van der Waals surface area contributed by atoms with Crippen LogP contribution in [0.4, 0.5) is 0 Å². The molecule has 6 nitrogen and oxygen atoms in total. The van der Waals surface area contributed by atoms with Crippen molar-refractivity contribution in [2.75, 3.05) is 19.9 Å². The summed E-state index contributed by atoms with van der Waals surface area (Å²) < 4.78 is 10.8. The van der Waals surface area contributed by atoms with Gasteiger partial charge in [0.2, 0.25) is 6.79 Å². The Balaban J connectivity index is 1.57. The standard InChI is InChI=1S/C18H21N3O3S/c1-11-3-2-6-21(13(11)8-19)18(22)16-9-20-17(25-16)12-4-5-14-15(7-12)24-10-23-14/h4-5,7,9,11,13H,2-3,6,8,10,19H2,1H3/t11-,13-/m0/s1. The van der Waals surface area contributed by atoms with E-state index in [9.17, 15) is 4.79 Å². The number of nitrogens with two attached hydrogens (primary N) is 1. The van der Waals surface area contributed by atoms with Gasteiger partial charge in [0.05, 0.1) is 6.20 Å². The molecule has 2 aliphatic rings. The summed E-state index contributed by atoms with van der Waals surface area (Å²) in [6, 6.07) is 5.82. The third-order valence-corrected chi connectivity index (χ3v) is 5.99. The number of aromatic nitrogens is 1. The number of hydrogen-bond donors (Lipinski definition) is 1. The van der Waals surface area contributed by atoms with Crippen LogP contribution in [0.1, 0.15) is 29.4 Å². The van der Waals surface area contributed by atoms with Crippen LogP contribution in [0.25, 0.3) is 10.6 Å². The molecule has 1 aromatic heterocycles. The number of piperidine rings is 1. The zero-order valence-electron chi connectivity index (χ0n) is 14.1. The maximum Gasteiger partial charge on any atom is 0.265 e. The summed E-state index contributed by atoms with van der Waals surface area (Å²) in [7, 11) is 0. The van der Waals surface area contributed by atoms with Crippen molar-refractivity contribution in [2.24, 2.45) is 11.7 Å². The highest BCUT2D eigenvalue weighted by Gasteiger charge is 2.32. The van der Waals surface area contributed by atoms with Crippen molar-refractivity contribution in [1.82, 2.24) is 9.88 Å². The Morgan fingerprint density at radius 2 is 2.24 bits per heavy atom. The monoisotopic (exact) mass is 359 g/mol. The lowest BCUT2D eigenvalue weighted by Gasteiger charge is -2.39. The quantitative estimate of drug-likeness (QED) is 0.912. The van der Waals surface area contributed by atoms with Crippen molar-refractivity contribution in [1.29, 1.82) is 0 Å². The highest BCUT2D eigenvalue weighted by Crippen LogP contribution is 2.37. The summed E-state index contributed by atoms with van der Waals surface area (Å²) in [4.78, 5) is 20.0. The van der Waals surface area contributed by atoms with Gasteiger partial charge in [0.15, 0.2) is 11.5 Å². The number of benzene rings is 1. The smallest absolute Gasteiger partial charge is 0.265 e. The van der Waals surface area contributed by atoms with Crippen LogP contribution in [0.5, 0.6) is 11.5 Å². The maximum absolute atomic E-state index is 12.9. The average Bonchev–Trinajstić information content (AvgIpc) is 3.29. The summed E-state index contributed by atoms with van der Waals surface area (Å²) in [5.41, 5.74) is 6.84. The van der Waals surface area contributed by atoms with E-state index < -0.39 is 0 Å². The van der Waals surface area contributed by atoms with E-state index in [1.807, 2.05) is 23.1 Å². The van der Waals surface area contributed by atoms with E-state index in [0.717, 1.165) is 35.7 Å². The summed E-state index contributed by atoms with van der Waals surface area (Å²) in [5, 5.41) is 0.802. The molecule has 2 aliphatic heterocycles. The third-order valence-electron chi connectivity index (χ3n) is 4.95. The molecule has 2 aromatic rings. The zero-order valence-corrected chi connectivity index (χ0v) is 14.9. The van der Waals surface area contributed by atoms with Gasteiger partial charge in [-0.1, -0.05) is 6.92 Å². The lowest BCUT2D eigenvalue weighted by molar-refractivity contribution is 0.0537. The molecule has 132 valence electrons. The van der Waals surface area contributed by atoms with Gasteiger partial charge in [0.1, 0.15) is 9.88 Å². The number of amides is 1. The Labute approximate surface area is 150 Å². The predicted octanol–water partition coefficient (Wildman–Crippen LogP) is 2.74. The van der Waals surface area contributed by atoms with Crippen LogP contribution in [-0.4, -0.2) is 41.7 Å². The van der Waals surface area contributed by atoms with E-state index in [4.69, 9.17) is 15.2 Å². The van der Waals surface area contributed by atoms with Crippen molar-refractivity contribution < 1.29 is 14.3 Å². The van der Waals surface area contributed by atoms with Crippen LogP contribution in [-0.2, 0) is 0 Å². The molecule has 1 amide bonds. The molecule has 7 heteroatoms. The molecular weight excluding hydrogens is 338 g/mol. The fourth-order valence-corrected chi connectivity index (χ4v) is 4.41. The van der Waals surface area contributed by atoms with Gasteiger partial charge in [-0.3, -0.25) is 4.79 Å². The van der Waals surface area contributed by atoms with Crippen molar-refractivity contribution in [3.63, 3.8) is 0 Å². The molecule has 0 aliphatic carbocycles. The Morgan fingerprint density at radius 3 is 3.08 bits per heavy atom. The second-order valence-electron chi connectivity index (χ2n) is 6.52. The molecule has 2 N–H and O–H groups in total. The van der Waals surface area contributed by atoms with Gasteiger partial charge in [0, 0.05) is 24.7 Å². The first-order valence-electron chi connectivity index (χ1n) is 8.54. The topological polar surface area (TPSA) is 77.7 Å². The Morgan fingerprint density at radius 1 is 1.40 bits per heavy atom. The molecule has 0 unspecified atom stereocenters. The third kappa shape index (κ3) is 2.98. The van der Waals surface area contributed by atoms with E-state index in [1.165, 1.54) is 11.3 Å². The molecule has 1 saturated heterocycles. The minimum absolute atomic E-state index is 0.0338. The van der Waals surface area contributed by atoms with Gasteiger partial charge in [-0.15, -0.1) is 11.3 Å². The number of fused-ring (bicyclic) bond motifs is 1. The average molecular weight is 359 g/mol. The number of rotatable bonds is 3. The van der Waals surface area contributed by atoms with Gasteiger partial charge >= 0.3 is 0 Å². The Kier molecular flexibility index (Phi) is 4.35.